The van der Waals surface area contributed by atoms with Gasteiger partial charge < -0.3 is 14.6 Å². The molecule has 1 saturated heterocycles. The number of rotatable bonds is 4. The summed E-state index contributed by atoms with van der Waals surface area (Å²) in [6.07, 6.45) is 2.09. The zero-order chi connectivity index (χ0) is 18.8. The predicted molar refractivity (Wildman–Crippen MR) is 99.4 cm³/mol. The fraction of sp³-hybridized carbons (Fsp3) is 0.333. The van der Waals surface area contributed by atoms with Crippen LogP contribution in [0.1, 0.15) is 35.0 Å². The Kier molecular flexibility index (Phi) is 4.91. The highest BCUT2D eigenvalue weighted by atomic mass is 35.5. The summed E-state index contributed by atoms with van der Waals surface area (Å²) in [6, 6.07) is 7.04. The van der Waals surface area contributed by atoms with Crippen LogP contribution >= 0.6 is 11.6 Å². The minimum Gasteiger partial charge on any atom is -0.377 e. The summed E-state index contributed by atoms with van der Waals surface area (Å²) >= 11 is 5.96. The first-order valence-electron chi connectivity index (χ1n) is 8.76. The van der Waals surface area contributed by atoms with E-state index in [0.717, 1.165) is 11.3 Å². The molecule has 8 nitrogen and oxygen atoms in total. The van der Waals surface area contributed by atoms with Crippen LogP contribution in [0.2, 0.25) is 5.02 Å². The first kappa shape index (κ1) is 17.7. The zero-order valence-corrected chi connectivity index (χ0v) is 15.5. The number of aromatic amines is 2. The first-order chi connectivity index (χ1) is 13.2. The topological polar surface area (TPSA) is 99.8 Å². The Morgan fingerprint density at radius 1 is 1.37 bits per heavy atom. The van der Waals surface area contributed by atoms with E-state index in [1.54, 1.807) is 17.0 Å². The number of aromatic nitrogens is 5. The predicted octanol–water partition coefficient (Wildman–Crippen LogP) is 2.62. The maximum absolute atomic E-state index is 13.3. The second kappa shape index (κ2) is 7.50. The van der Waals surface area contributed by atoms with Crippen molar-refractivity contribution in [3.63, 3.8) is 0 Å². The second-order valence-electron chi connectivity index (χ2n) is 6.23. The average Bonchev–Trinajstić information content (AvgIpc) is 3.38. The lowest BCUT2D eigenvalue weighted by atomic mass is 10.1. The normalized spacial score (nSPS) is 17.3. The number of carbonyl (C=O) groups is 1. The molecule has 27 heavy (non-hydrogen) atoms. The molecular formula is C18H19ClN6O2. The zero-order valence-electron chi connectivity index (χ0n) is 14.8. The Morgan fingerprint density at radius 3 is 2.89 bits per heavy atom. The number of morpholine rings is 1. The first-order valence-corrected chi connectivity index (χ1v) is 9.14. The number of imidazole rings is 1. The number of H-pyrrole nitrogens is 2. The third-order valence-corrected chi connectivity index (χ3v) is 4.84. The van der Waals surface area contributed by atoms with E-state index in [-0.39, 0.29) is 11.9 Å². The molecule has 1 unspecified atom stereocenters. The van der Waals surface area contributed by atoms with Gasteiger partial charge in [-0.15, -0.1) is 0 Å². The highest BCUT2D eigenvalue weighted by Crippen LogP contribution is 2.26. The van der Waals surface area contributed by atoms with Gasteiger partial charge in [0, 0.05) is 22.8 Å². The van der Waals surface area contributed by atoms with Gasteiger partial charge in [-0.25, -0.2) is 9.97 Å². The number of aryl methyl sites for hydroxylation is 1. The Labute approximate surface area is 160 Å². The number of halogens is 1. The molecule has 9 heteroatoms. The summed E-state index contributed by atoms with van der Waals surface area (Å²) in [7, 11) is 0. The quantitative estimate of drug-likeness (QED) is 0.718. The largest absolute Gasteiger partial charge is 0.377 e. The van der Waals surface area contributed by atoms with Crippen molar-refractivity contribution in [2.45, 2.75) is 19.4 Å². The SMILES string of the molecule is CCc1[nH]c(-c2ccc(Cl)cc2)nc1C(=O)N1CCOCC1c1ncn[nH]1. The van der Waals surface area contributed by atoms with Gasteiger partial charge in [0.25, 0.3) is 5.91 Å². The van der Waals surface area contributed by atoms with E-state index in [4.69, 9.17) is 16.3 Å². The van der Waals surface area contributed by atoms with Gasteiger partial charge in [0.1, 0.15) is 29.7 Å². The molecule has 1 aliphatic rings. The van der Waals surface area contributed by atoms with Crippen LogP contribution < -0.4 is 0 Å². The third-order valence-electron chi connectivity index (χ3n) is 4.59. The van der Waals surface area contributed by atoms with Gasteiger partial charge in [-0.1, -0.05) is 18.5 Å². The summed E-state index contributed by atoms with van der Waals surface area (Å²) in [5.74, 6) is 1.11. The molecule has 4 rings (SSSR count). The summed E-state index contributed by atoms with van der Waals surface area (Å²) < 4.78 is 5.54. The maximum Gasteiger partial charge on any atom is 0.275 e. The van der Waals surface area contributed by atoms with Crippen molar-refractivity contribution < 1.29 is 9.53 Å². The molecule has 1 aromatic carbocycles. The summed E-state index contributed by atoms with van der Waals surface area (Å²) in [4.78, 5) is 27.1. The number of hydrogen-bond acceptors (Lipinski definition) is 5. The molecule has 0 bridgehead atoms. The van der Waals surface area contributed by atoms with Crippen LogP contribution in [0.3, 0.4) is 0 Å². The van der Waals surface area contributed by atoms with E-state index in [1.165, 1.54) is 6.33 Å². The van der Waals surface area contributed by atoms with Crippen LogP contribution in [0.4, 0.5) is 0 Å². The van der Waals surface area contributed by atoms with E-state index in [0.29, 0.717) is 48.5 Å². The standard InChI is InChI=1S/C18H19ClN6O2/c1-2-13-15(23-16(22-13)11-3-5-12(19)6-4-11)18(26)25-7-8-27-9-14(25)17-20-10-21-24-17/h3-6,10,14H,2,7-9H2,1H3,(H,22,23)(H,20,21,24). The van der Waals surface area contributed by atoms with Crippen LogP contribution in [-0.2, 0) is 11.2 Å². The minimum absolute atomic E-state index is 0.145. The van der Waals surface area contributed by atoms with Gasteiger partial charge in [0.05, 0.1) is 13.2 Å². The molecule has 140 valence electrons. The van der Waals surface area contributed by atoms with Gasteiger partial charge >= 0.3 is 0 Å². The van der Waals surface area contributed by atoms with Gasteiger partial charge in [-0.2, -0.15) is 5.10 Å². The van der Waals surface area contributed by atoms with Crippen molar-refractivity contribution in [2.75, 3.05) is 19.8 Å². The van der Waals surface area contributed by atoms with Crippen molar-refractivity contribution in [1.29, 1.82) is 0 Å². The number of amides is 1. The number of ether oxygens (including phenoxy) is 1. The van der Waals surface area contributed by atoms with Crippen molar-refractivity contribution in [3.8, 4) is 11.4 Å². The van der Waals surface area contributed by atoms with Crippen molar-refractivity contribution >= 4 is 17.5 Å². The highest BCUT2D eigenvalue weighted by Gasteiger charge is 2.33. The smallest absolute Gasteiger partial charge is 0.275 e. The van der Waals surface area contributed by atoms with Crippen LogP contribution in [0.25, 0.3) is 11.4 Å². The molecule has 1 aliphatic heterocycles. The highest BCUT2D eigenvalue weighted by molar-refractivity contribution is 6.30. The lowest BCUT2D eigenvalue weighted by Crippen LogP contribution is -2.44. The van der Waals surface area contributed by atoms with Crippen molar-refractivity contribution in [1.82, 2.24) is 30.0 Å². The van der Waals surface area contributed by atoms with E-state index < -0.39 is 0 Å². The van der Waals surface area contributed by atoms with E-state index >= 15 is 0 Å². The Bertz CT molecular complexity index is 922. The molecule has 1 atom stereocenters. The number of nitrogens with zero attached hydrogens (tertiary/aromatic N) is 4. The molecule has 2 aromatic heterocycles. The summed E-state index contributed by atoms with van der Waals surface area (Å²) in [5, 5.41) is 7.37. The summed E-state index contributed by atoms with van der Waals surface area (Å²) in [5.41, 5.74) is 2.10. The number of hydrogen-bond donors (Lipinski definition) is 2. The van der Waals surface area contributed by atoms with E-state index in [9.17, 15) is 4.79 Å². The minimum atomic E-state index is -0.311. The number of nitrogens with one attached hydrogen (secondary N) is 2. The molecule has 3 aromatic rings. The van der Waals surface area contributed by atoms with Crippen LogP contribution in [-0.4, -0.2) is 55.7 Å². The van der Waals surface area contributed by atoms with Gasteiger partial charge in [0.15, 0.2) is 0 Å². The molecule has 1 fully saturated rings. The Morgan fingerprint density at radius 2 is 2.19 bits per heavy atom. The van der Waals surface area contributed by atoms with E-state index in [1.807, 2.05) is 19.1 Å². The Hall–Kier alpha value is -2.71. The van der Waals surface area contributed by atoms with E-state index in [2.05, 4.69) is 25.1 Å². The monoisotopic (exact) mass is 386 g/mol. The lowest BCUT2D eigenvalue weighted by molar-refractivity contribution is -0.00545. The fourth-order valence-electron chi connectivity index (χ4n) is 3.17. The molecule has 0 aliphatic carbocycles. The van der Waals surface area contributed by atoms with Crippen LogP contribution in [0.5, 0.6) is 0 Å². The second-order valence-corrected chi connectivity index (χ2v) is 6.67. The molecule has 1 amide bonds. The van der Waals surface area contributed by atoms with Gasteiger partial charge in [-0.3, -0.25) is 9.89 Å². The molecule has 0 spiro atoms. The average molecular weight is 387 g/mol. The van der Waals surface area contributed by atoms with Gasteiger partial charge in [0.2, 0.25) is 0 Å². The third kappa shape index (κ3) is 3.45. The van der Waals surface area contributed by atoms with Crippen molar-refractivity contribution in [3.05, 3.63) is 52.8 Å². The van der Waals surface area contributed by atoms with Crippen LogP contribution in [0.15, 0.2) is 30.6 Å². The molecular weight excluding hydrogens is 368 g/mol. The fourth-order valence-corrected chi connectivity index (χ4v) is 3.30. The van der Waals surface area contributed by atoms with Crippen molar-refractivity contribution in [2.24, 2.45) is 0 Å². The number of carbonyl (C=O) groups excluding carboxylic acids is 1. The maximum atomic E-state index is 13.3. The molecule has 0 radical (unpaired) electrons. The summed E-state index contributed by atoms with van der Waals surface area (Å²) in [6.45, 7) is 3.31. The molecule has 0 saturated carbocycles. The van der Waals surface area contributed by atoms with Crippen LogP contribution in [0, 0.1) is 0 Å². The molecule has 3 heterocycles. The lowest BCUT2D eigenvalue weighted by Gasteiger charge is -2.33. The Balaban J connectivity index is 1.67. The van der Waals surface area contributed by atoms with Gasteiger partial charge in [-0.05, 0) is 30.7 Å². The number of benzene rings is 1. The molecule has 2 N–H and O–H groups in total.